The van der Waals surface area contributed by atoms with E-state index in [1.54, 1.807) is 34.7 Å². The van der Waals surface area contributed by atoms with Crippen LogP contribution in [0.15, 0.2) is 61.1 Å². The standard InChI is InChI=1S/C37H35F5N6O3/c1-36(9-10-36)44-11-4-7-29(49)45-31-25(38)16-22(17-26(31)39)35(50)28-18-21-8-13-46(2)34-30(23-6-5-12-48(28)33(21)23)24(37(40,41)42)19-27-32(34)43-20-47(27)14-15-51-3/h4-7,12,16-20,44H,8-11,13-15H2,1-3H3,(H,45,49)/b7-4+. The van der Waals surface area contributed by atoms with Gasteiger partial charge >= 0.3 is 6.18 Å². The summed E-state index contributed by atoms with van der Waals surface area (Å²) in [5.41, 5.74) is 0.294. The number of rotatable bonds is 10. The Morgan fingerprint density at radius 1 is 1.12 bits per heavy atom. The number of fused-ring (bicyclic) bond motifs is 4. The maximum absolute atomic E-state index is 15.3. The highest BCUT2D eigenvalue weighted by Crippen LogP contribution is 2.48. The third-order valence-corrected chi connectivity index (χ3v) is 9.67. The number of benzene rings is 2. The molecule has 2 N–H and O–H groups in total. The zero-order valence-electron chi connectivity index (χ0n) is 28.1. The van der Waals surface area contributed by atoms with Crippen molar-refractivity contribution in [3.05, 3.63) is 95.1 Å². The molecular weight excluding hydrogens is 671 g/mol. The molecule has 0 atom stereocenters. The Kier molecular flexibility index (Phi) is 8.70. The Hall–Kier alpha value is -5.08. The van der Waals surface area contributed by atoms with Gasteiger partial charge in [0.05, 0.1) is 40.9 Å². The maximum Gasteiger partial charge on any atom is 0.417 e. The number of nitrogens with zero attached hydrogens (tertiary/aromatic N) is 4. The Labute approximate surface area is 289 Å². The number of carbonyl (C=O) groups is 2. The van der Waals surface area contributed by atoms with Crippen LogP contribution < -0.4 is 15.5 Å². The van der Waals surface area contributed by atoms with Gasteiger partial charge in [0.15, 0.2) is 0 Å². The van der Waals surface area contributed by atoms with Crippen molar-refractivity contribution in [2.75, 3.05) is 44.1 Å². The first-order valence-electron chi connectivity index (χ1n) is 16.5. The molecule has 266 valence electrons. The van der Waals surface area contributed by atoms with Gasteiger partial charge < -0.3 is 29.2 Å². The number of ketones is 1. The topological polar surface area (TPSA) is 92.9 Å². The van der Waals surface area contributed by atoms with Crippen LogP contribution in [0.25, 0.3) is 27.7 Å². The van der Waals surface area contributed by atoms with Crippen molar-refractivity contribution in [2.24, 2.45) is 0 Å². The van der Waals surface area contributed by atoms with Gasteiger partial charge in [-0.05, 0) is 62.1 Å². The second-order valence-electron chi connectivity index (χ2n) is 13.3. The number of methoxy groups -OCH3 is 1. The third-order valence-electron chi connectivity index (χ3n) is 9.67. The number of pyridine rings is 1. The van der Waals surface area contributed by atoms with E-state index in [0.717, 1.165) is 31.0 Å². The van der Waals surface area contributed by atoms with Crippen LogP contribution in [0.3, 0.4) is 0 Å². The van der Waals surface area contributed by atoms with Gasteiger partial charge in [0.25, 0.3) is 0 Å². The van der Waals surface area contributed by atoms with E-state index in [1.807, 2.05) is 0 Å². The van der Waals surface area contributed by atoms with Crippen molar-refractivity contribution in [3.8, 4) is 11.1 Å². The molecule has 0 spiro atoms. The molecule has 5 aromatic rings. The van der Waals surface area contributed by atoms with Gasteiger partial charge in [0.2, 0.25) is 11.7 Å². The molecule has 1 amide bonds. The number of halogens is 5. The van der Waals surface area contributed by atoms with E-state index in [1.165, 1.54) is 36.2 Å². The lowest BCUT2D eigenvalue weighted by Crippen LogP contribution is -2.27. The van der Waals surface area contributed by atoms with Crippen LogP contribution in [0.5, 0.6) is 0 Å². The minimum Gasteiger partial charge on any atom is -0.383 e. The second-order valence-corrected chi connectivity index (χ2v) is 13.3. The van der Waals surface area contributed by atoms with Gasteiger partial charge in [-0.2, -0.15) is 13.2 Å². The molecule has 1 saturated carbocycles. The summed E-state index contributed by atoms with van der Waals surface area (Å²) < 4.78 is 83.6. The van der Waals surface area contributed by atoms with Crippen molar-refractivity contribution in [3.63, 3.8) is 0 Å². The molecule has 1 aliphatic heterocycles. The molecule has 9 nitrogen and oxygen atoms in total. The lowest BCUT2D eigenvalue weighted by atomic mass is 9.92. The lowest BCUT2D eigenvalue weighted by molar-refractivity contribution is -0.137. The van der Waals surface area contributed by atoms with E-state index < -0.39 is 40.8 Å². The SMILES string of the molecule is COCCn1cnc2c3c(c(C(F)(F)F)cc21)-c1cccn2c(C(=O)c4cc(F)c(NC(=O)/C=C/CNC5(C)CC5)c(F)c4)cc(c12)CCN3C. The summed E-state index contributed by atoms with van der Waals surface area (Å²) in [6, 6.07) is 7.42. The van der Waals surface area contributed by atoms with Crippen LogP contribution in [-0.2, 0) is 28.7 Å². The fourth-order valence-electron chi connectivity index (χ4n) is 6.70. The summed E-state index contributed by atoms with van der Waals surface area (Å²) in [6.07, 6.45) is 3.43. The summed E-state index contributed by atoms with van der Waals surface area (Å²) in [4.78, 5) is 32.6. The lowest BCUT2D eigenvalue weighted by Gasteiger charge is -2.28. The molecule has 2 aliphatic rings. The minimum absolute atomic E-state index is 0.0156. The molecule has 14 heteroatoms. The highest BCUT2D eigenvalue weighted by atomic mass is 19.4. The van der Waals surface area contributed by atoms with Crippen molar-refractivity contribution >= 4 is 39.6 Å². The first-order valence-corrected chi connectivity index (χ1v) is 16.5. The zero-order valence-corrected chi connectivity index (χ0v) is 28.1. The van der Waals surface area contributed by atoms with E-state index in [0.29, 0.717) is 47.3 Å². The highest BCUT2D eigenvalue weighted by Gasteiger charge is 2.39. The number of hydrogen-bond donors (Lipinski definition) is 2. The predicted molar refractivity (Wildman–Crippen MR) is 183 cm³/mol. The molecule has 0 saturated heterocycles. The number of hydrogen-bond acceptors (Lipinski definition) is 6. The van der Waals surface area contributed by atoms with E-state index in [4.69, 9.17) is 4.74 Å². The molecular formula is C37H35F5N6O3. The second kappa shape index (κ2) is 12.9. The average Bonchev–Trinajstić information content (AvgIpc) is 3.50. The van der Waals surface area contributed by atoms with Gasteiger partial charge in [-0.3, -0.25) is 9.59 Å². The van der Waals surface area contributed by atoms with Crippen molar-refractivity contribution < 1.29 is 36.3 Å². The van der Waals surface area contributed by atoms with E-state index in [-0.39, 0.29) is 41.1 Å². The van der Waals surface area contributed by atoms with Crippen LogP contribution in [0.2, 0.25) is 0 Å². The largest absolute Gasteiger partial charge is 0.417 e. The summed E-state index contributed by atoms with van der Waals surface area (Å²) >= 11 is 0. The summed E-state index contributed by atoms with van der Waals surface area (Å²) in [7, 11) is 3.21. The number of anilines is 2. The number of carbonyl (C=O) groups excluding carboxylic acids is 2. The van der Waals surface area contributed by atoms with Crippen LogP contribution >= 0.6 is 0 Å². The van der Waals surface area contributed by atoms with E-state index >= 15 is 8.78 Å². The first kappa shape index (κ1) is 34.4. The quantitative estimate of drug-likeness (QED) is 0.0948. The van der Waals surface area contributed by atoms with Gasteiger partial charge in [-0.1, -0.05) is 12.1 Å². The van der Waals surface area contributed by atoms with Gasteiger partial charge in [0, 0.05) is 68.3 Å². The smallest absolute Gasteiger partial charge is 0.383 e. The molecule has 0 unspecified atom stereocenters. The Balaban J connectivity index is 1.28. The monoisotopic (exact) mass is 706 g/mol. The number of aromatic nitrogens is 3. The summed E-state index contributed by atoms with van der Waals surface area (Å²) in [5, 5.41) is 5.46. The minimum atomic E-state index is -4.75. The predicted octanol–water partition coefficient (Wildman–Crippen LogP) is 6.76. The molecule has 7 rings (SSSR count). The molecule has 1 aliphatic carbocycles. The number of nitrogens with one attached hydrogen (secondary N) is 2. The van der Waals surface area contributed by atoms with Crippen molar-refractivity contribution in [1.82, 2.24) is 19.3 Å². The van der Waals surface area contributed by atoms with Crippen molar-refractivity contribution in [1.29, 1.82) is 0 Å². The van der Waals surface area contributed by atoms with Crippen LogP contribution in [0, 0.1) is 11.6 Å². The van der Waals surface area contributed by atoms with Gasteiger partial charge in [-0.25, -0.2) is 13.8 Å². The Bertz CT molecular complexity index is 2210. The van der Waals surface area contributed by atoms with Crippen molar-refractivity contribution in [2.45, 2.75) is 44.4 Å². The van der Waals surface area contributed by atoms with Crippen LogP contribution in [0.4, 0.5) is 33.3 Å². The number of amides is 1. The summed E-state index contributed by atoms with van der Waals surface area (Å²) in [6.45, 7) is 3.35. The van der Waals surface area contributed by atoms with Crippen LogP contribution in [0.1, 0.15) is 46.9 Å². The van der Waals surface area contributed by atoms with Gasteiger partial charge in [-0.15, -0.1) is 0 Å². The molecule has 0 bridgehead atoms. The van der Waals surface area contributed by atoms with E-state index in [9.17, 15) is 22.8 Å². The number of likely N-dealkylation sites (N-methyl/N-ethyl adjacent to an activating group) is 1. The van der Waals surface area contributed by atoms with Gasteiger partial charge in [0.1, 0.15) is 22.8 Å². The molecule has 1 fully saturated rings. The molecule has 2 aromatic carbocycles. The number of alkyl halides is 3. The van der Waals surface area contributed by atoms with Crippen LogP contribution in [-0.4, -0.2) is 65.0 Å². The maximum atomic E-state index is 15.3. The molecule has 51 heavy (non-hydrogen) atoms. The highest BCUT2D eigenvalue weighted by molar-refractivity contribution is 6.11. The zero-order chi connectivity index (χ0) is 36.2. The third kappa shape index (κ3) is 6.38. The molecule has 0 radical (unpaired) electrons. The molecule has 4 heterocycles. The Morgan fingerprint density at radius 2 is 1.86 bits per heavy atom. The Morgan fingerprint density at radius 3 is 2.55 bits per heavy atom. The first-order chi connectivity index (χ1) is 24.3. The average molecular weight is 707 g/mol. The number of imidazole rings is 1. The normalized spacial score (nSPS) is 15.3. The number of ether oxygens (including phenoxy) is 1. The fourth-order valence-corrected chi connectivity index (χ4v) is 6.70. The summed E-state index contributed by atoms with van der Waals surface area (Å²) in [5.74, 6) is -3.79. The molecule has 3 aromatic heterocycles. The van der Waals surface area contributed by atoms with E-state index in [2.05, 4.69) is 22.5 Å². The fraction of sp³-hybridized carbons (Fsp3) is 0.324.